The molecular formula is C22H16IrN2O-2. The summed E-state index contributed by atoms with van der Waals surface area (Å²) in [5, 5.41) is 4.17. The smallest absolute Gasteiger partial charge is 0.148 e. The van der Waals surface area contributed by atoms with E-state index in [0.29, 0.717) is 0 Å². The summed E-state index contributed by atoms with van der Waals surface area (Å²) in [7, 11) is 0. The van der Waals surface area contributed by atoms with Crippen LogP contribution in [0.2, 0.25) is 0 Å². The van der Waals surface area contributed by atoms with Crippen LogP contribution >= 0.6 is 0 Å². The number of fused-ring (bicyclic) bond motifs is 6. The van der Waals surface area contributed by atoms with Gasteiger partial charge >= 0.3 is 0 Å². The van der Waals surface area contributed by atoms with E-state index in [2.05, 4.69) is 73.6 Å². The zero-order valence-corrected chi connectivity index (χ0v) is 16.8. The van der Waals surface area contributed by atoms with E-state index in [0.717, 1.165) is 28.2 Å². The maximum atomic E-state index is 5.23. The summed E-state index contributed by atoms with van der Waals surface area (Å²) in [5.74, 6) is 0.819. The minimum Gasteiger partial charge on any atom is -0.544 e. The average Bonchev–Trinajstić information content (AvgIpc) is 3.12. The normalized spacial score (nSPS) is 13.8. The van der Waals surface area contributed by atoms with E-state index in [1.165, 1.54) is 22.3 Å². The summed E-state index contributed by atoms with van der Waals surface area (Å²) in [6.45, 7) is 5.95. The fraction of sp³-hybridized carbons (Fsp3) is 0.0909. The van der Waals surface area contributed by atoms with Crippen molar-refractivity contribution in [1.82, 2.24) is 0 Å². The maximum absolute atomic E-state index is 5.23. The summed E-state index contributed by atoms with van der Waals surface area (Å²) in [6, 6.07) is 22.5. The van der Waals surface area contributed by atoms with E-state index in [4.69, 9.17) is 4.84 Å². The van der Waals surface area contributed by atoms with Crippen LogP contribution in [-0.2, 0) is 24.9 Å². The molecule has 0 fully saturated rings. The molecule has 0 unspecified atom stereocenters. The van der Waals surface area contributed by atoms with Gasteiger partial charge in [0.2, 0.25) is 0 Å². The summed E-state index contributed by atoms with van der Waals surface area (Å²) in [5.41, 5.74) is 9.38. The first-order chi connectivity index (χ1) is 12.2. The number of aryl methyl sites for hydroxylation is 2. The van der Waals surface area contributed by atoms with Crippen molar-refractivity contribution in [3.05, 3.63) is 84.1 Å². The van der Waals surface area contributed by atoms with Crippen molar-refractivity contribution in [3.63, 3.8) is 0 Å². The van der Waals surface area contributed by atoms with E-state index in [9.17, 15) is 0 Å². The number of oxime groups is 1. The van der Waals surface area contributed by atoms with Crippen molar-refractivity contribution >= 4 is 11.5 Å². The molecule has 2 aliphatic heterocycles. The Hall–Kier alpha value is -2.42. The first kappa shape index (κ1) is 17.0. The molecule has 0 atom stereocenters. The number of hydrogen-bond acceptors (Lipinski definition) is 3. The second-order valence-corrected chi connectivity index (χ2v) is 6.46. The summed E-state index contributed by atoms with van der Waals surface area (Å²) in [4.78, 5) is 7.19. The van der Waals surface area contributed by atoms with Gasteiger partial charge in [0.05, 0.1) is 0 Å². The molecule has 0 aliphatic carbocycles. The molecule has 3 aromatic rings. The van der Waals surface area contributed by atoms with Crippen LogP contribution in [0.25, 0.3) is 22.3 Å². The van der Waals surface area contributed by atoms with Gasteiger partial charge in [0.1, 0.15) is 5.84 Å². The average molecular weight is 517 g/mol. The van der Waals surface area contributed by atoms with Crippen molar-refractivity contribution < 1.29 is 24.9 Å². The fourth-order valence-corrected chi connectivity index (χ4v) is 3.77. The van der Waals surface area contributed by atoms with E-state index >= 15 is 0 Å². The van der Waals surface area contributed by atoms with Crippen molar-refractivity contribution in [2.45, 2.75) is 13.8 Å². The van der Waals surface area contributed by atoms with Gasteiger partial charge in [-0.1, -0.05) is 70.4 Å². The first-order valence-electron chi connectivity index (χ1n) is 8.32. The molecule has 3 nitrogen and oxygen atoms in total. The Morgan fingerprint density at radius 3 is 2.46 bits per heavy atom. The number of nitrogens with zero attached hydrogens (tertiary/aromatic N) is 2. The number of rotatable bonds is 1. The predicted octanol–water partition coefficient (Wildman–Crippen LogP) is 5.07. The Kier molecular flexibility index (Phi) is 4.18. The SMILES string of the molecule is Cc1cccc(C)c1-c1c[c-]c2c(c1)-c1ccccc1C1=NO[CH-]N12.[Ir]. The van der Waals surface area contributed by atoms with Crippen LogP contribution in [0.3, 0.4) is 0 Å². The van der Waals surface area contributed by atoms with Gasteiger partial charge in [-0.3, -0.25) is 0 Å². The number of benzene rings is 3. The van der Waals surface area contributed by atoms with E-state index in [-0.39, 0.29) is 20.1 Å². The van der Waals surface area contributed by atoms with Crippen LogP contribution in [0.1, 0.15) is 16.7 Å². The van der Waals surface area contributed by atoms with Crippen molar-refractivity contribution in [1.29, 1.82) is 0 Å². The molecule has 0 saturated carbocycles. The molecule has 26 heavy (non-hydrogen) atoms. The molecule has 0 bridgehead atoms. The third-order valence-electron chi connectivity index (χ3n) is 4.91. The topological polar surface area (TPSA) is 24.8 Å². The zero-order chi connectivity index (χ0) is 17.0. The Morgan fingerprint density at radius 2 is 1.69 bits per heavy atom. The van der Waals surface area contributed by atoms with Crippen LogP contribution < -0.4 is 4.90 Å². The number of hydrogen-bond donors (Lipinski definition) is 0. The van der Waals surface area contributed by atoms with Crippen LogP contribution in [-0.4, -0.2) is 5.84 Å². The molecule has 0 N–H and O–H groups in total. The molecule has 1 radical (unpaired) electrons. The molecule has 0 aromatic heterocycles. The largest absolute Gasteiger partial charge is 0.544 e. The summed E-state index contributed by atoms with van der Waals surface area (Å²) < 4.78 is 0. The van der Waals surface area contributed by atoms with Crippen molar-refractivity contribution in [3.8, 4) is 22.3 Å². The third kappa shape index (κ3) is 2.41. The van der Waals surface area contributed by atoms with Gasteiger partial charge < -0.3 is 9.74 Å². The first-order valence-corrected chi connectivity index (χ1v) is 8.32. The maximum Gasteiger partial charge on any atom is 0.148 e. The molecule has 3 aromatic carbocycles. The summed E-state index contributed by atoms with van der Waals surface area (Å²) >= 11 is 0. The van der Waals surface area contributed by atoms with Gasteiger partial charge in [-0.05, 0) is 20.6 Å². The Balaban J connectivity index is 0.00000168. The number of amidine groups is 1. The van der Waals surface area contributed by atoms with Crippen LogP contribution in [0.15, 0.2) is 59.8 Å². The molecule has 0 spiro atoms. The van der Waals surface area contributed by atoms with E-state index < -0.39 is 0 Å². The molecular weight excluding hydrogens is 500 g/mol. The van der Waals surface area contributed by atoms with Gasteiger partial charge in [-0.15, -0.1) is 16.3 Å². The minimum atomic E-state index is 0. The Morgan fingerprint density at radius 1 is 0.962 bits per heavy atom. The van der Waals surface area contributed by atoms with Gasteiger partial charge in [0, 0.05) is 25.7 Å². The van der Waals surface area contributed by atoms with Crippen molar-refractivity contribution in [2.24, 2.45) is 5.16 Å². The van der Waals surface area contributed by atoms with Crippen LogP contribution in [0, 0.1) is 26.6 Å². The standard InChI is InChI=1S/C22H16N2O.Ir/c1-14-6-5-7-15(2)21(14)16-10-11-20-19(12-16)17-8-3-4-9-18(17)22-23-25-13-24(20)22;/h3-10,12-13H,1-2H3;/q-2;. The Bertz CT molecular complexity index is 1020. The van der Waals surface area contributed by atoms with Gasteiger partial charge in [0.15, 0.2) is 0 Å². The molecule has 4 heteroatoms. The minimum absolute atomic E-state index is 0. The van der Waals surface area contributed by atoms with E-state index in [1.54, 1.807) is 6.73 Å². The molecule has 5 rings (SSSR count). The van der Waals surface area contributed by atoms with Gasteiger partial charge in [-0.25, -0.2) is 0 Å². The van der Waals surface area contributed by atoms with Crippen molar-refractivity contribution in [2.75, 3.05) is 4.90 Å². The van der Waals surface area contributed by atoms with E-state index in [1.807, 2.05) is 11.0 Å². The second-order valence-electron chi connectivity index (χ2n) is 6.46. The Labute approximate surface area is 166 Å². The third-order valence-corrected chi connectivity index (χ3v) is 4.91. The second kappa shape index (κ2) is 6.39. The molecule has 2 heterocycles. The zero-order valence-electron chi connectivity index (χ0n) is 14.4. The molecule has 2 aliphatic rings. The summed E-state index contributed by atoms with van der Waals surface area (Å²) in [6.07, 6.45) is 0. The fourth-order valence-electron chi connectivity index (χ4n) is 3.77. The monoisotopic (exact) mass is 517 g/mol. The molecule has 0 amide bonds. The quantitative estimate of drug-likeness (QED) is 0.422. The van der Waals surface area contributed by atoms with Crippen LogP contribution in [0.4, 0.5) is 5.69 Å². The van der Waals surface area contributed by atoms with Crippen LogP contribution in [0.5, 0.6) is 0 Å². The molecule has 131 valence electrons. The predicted molar refractivity (Wildman–Crippen MR) is 100 cm³/mol. The van der Waals surface area contributed by atoms with Gasteiger partial charge in [-0.2, -0.15) is 18.2 Å². The number of anilines is 1. The van der Waals surface area contributed by atoms with Gasteiger partial charge in [0.25, 0.3) is 0 Å². The molecule has 0 saturated heterocycles.